The standard InChI is InChI=1S/C19H22N2O2/c1-14-11-17(13-18(22)20-14)19(23)21-9-7-16(8-10-21)12-15-5-3-2-4-6-15/h2-6,11,13,16H,7-10,12H2,1H3,(H,20,22). The number of nitrogens with zero attached hydrogens (tertiary/aromatic N) is 1. The number of likely N-dealkylation sites (tertiary alicyclic amines) is 1. The van der Waals surface area contributed by atoms with Crippen molar-refractivity contribution in [3.05, 3.63) is 69.6 Å². The second kappa shape index (κ2) is 6.82. The highest BCUT2D eigenvalue weighted by molar-refractivity contribution is 5.94. The van der Waals surface area contributed by atoms with Gasteiger partial charge in [-0.3, -0.25) is 9.59 Å². The lowest BCUT2D eigenvalue weighted by Gasteiger charge is -2.32. The number of nitrogens with one attached hydrogen (secondary N) is 1. The molecule has 1 aliphatic rings. The summed E-state index contributed by atoms with van der Waals surface area (Å²) in [7, 11) is 0. The lowest BCUT2D eigenvalue weighted by atomic mass is 9.90. The molecule has 1 aromatic heterocycles. The monoisotopic (exact) mass is 310 g/mol. The minimum atomic E-state index is -0.215. The molecule has 0 aliphatic carbocycles. The molecule has 1 N–H and O–H groups in total. The Morgan fingerprint density at radius 1 is 1.17 bits per heavy atom. The van der Waals surface area contributed by atoms with Crippen LogP contribution in [0.15, 0.2) is 47.3 Å². The average Bonchev–Trinajstić information content (AvgIpc) is 2.55. The van der Waals surface area contributed by atoms with Crippen LogP contribution in [-0.4, -0.2) is 28.9 Å². The predicted molar refractivity (Wildman–Crippen MR) is 90.6 cm³/mol. The van der Waals surface area contributed by atoms with Gasteiger partial charge in [0.15, 0.2) is 0 Å². The van der Waals surface area contributed by atoms with E-state index in [1.807, 2.05) is 11.0 Å². The Bertz CT molecular complexity index is 729. The van der Waals surface area contributed by atoms with E-state index in [4.69, 9.17) is 0 Å². The number of benzene rings is 1. The number of aryl methyl sites for hydroxylation is 1. The van der Waals surface area contributed by atoms with E-state index in [9.17, 15) is 9.59 Å². The fraction of sp³-hybridized carbons (Fsp3) is 0.368. The van der Waals surface area contributed by atoms with E-state index in [2.05, 4.69) is 29.2 Å². The molecule has 0 spiro atoms. The van der Waals surface area contributed by atoms with Crippen LogP contribution in [0.3, 0.4) is 0 Å². The maximum absolute atomic E-state index is 12.5. The van der Waals surface area contributed by atoms with Gasteiger partial charge in [0, 0.05) is 30.4 Å². The molecule has 0 bridgehead atoms. The van der Waals surface area contributed by atoms with Gasteiger partial charge in [0.25, 0.3) is 5.91 Å². The van der Waals surface area contributed by atoms with Gasteiger partial charge in [-0.05, 0) is 43.7 Å². The van der Waals surface area contributed by atoms with Crippen LogP contribution in [0, 0.1) is 12.8 Å². The second-order valence-electron chi connectivity index (χ2n) is 6.34. The summed E-state index contributed by atoms with van der Waals surface area (Å²) in [6, 6.07) is 13.7. The van der Waals surface area contributed by atoms with Crippen LogP contribution in [-0.2, 0) is 6.42 Å². The van der Waals surface area contributed by atoms with Crippen molar-refractivity contribution in [1.82, 2.24) is 9.88 Å². The molecule has 1 amide bonds. The first-order valence-electron chi connectivity index (χ1n) is 8.16. The summed E-state index contributed by atoms with van der Waals surface area (Å²) < 4.78 is 0. The molecular weight excluding hydrogens is 288 g/mol. The van der Waals surface area contributed by atoms with Gasteiger partial charge in [-0.25, -0.2) is 0 Å². The SMILES string of the molecule is Cc1cc(C(=O)N2CCC(Cc3ccccc3)CC2)cc(=O)[nH]1. The molecule has 120 valence electrons. The van der Waals surface area contributed by atoms with Crippen molar-refractivity contribution in [2.45, 2.75) is 26.2 Å². The molecule has 0 atom stereocenters. The summed E-state index contributed by atoms with van der Waals surface area (Å²) in [5, 5.41) is 0. The van der Waals surface area contributed by atoms with Crippen molar-refractivity contribution in [2.24, 2.45) is 5.92 Å². The van der Waals surface area contributed by atoms with E-state index in [1.54, 1.807) is 13.0 Å². The molecule has 1 aliphatic heterocycles. The van der Waals surface area contributed by atoms with E-state index >= 15 is 0 Å². The summed E-state index contributed by atoms with van der Waals surface area (Å²) >= 11 is 0. The van der Waals surface area contributed by atoms with Gasteiger partial charge >= 0.3 is 0 Å². The highest BCUT2D eigenvalue weighted by atomic mass is 16.2. The third kappa shape index (κ3) is 3.89. The summed E-state index contributed by atoms with van der Waals surface area (Å²) in [5.74, 6) is 0.597. The van der Waals surface area contributed by atoms with Crippen LogP contribution >= 0.6 is 0 Å². The van der Waals surface area contributed by atoms with Crippen molar-refractivity contribution >= 4 is 5.91 Å². The Balaban J connectivity index is 1.60. The molecule has 4 heteroatoms. The number of rotatable bonds is 3. The lowest BCUT2D eigenvalue weighted by molar-refractivity contribution is 0.0690. The summed E-state index contributed by atoms with van der Waals surface area (Å²) in [6.45, 7) is 3.33. The van der Waals surface area contributed by atoms with E-state index < -0.39 is 0 Å². The molecule has 2 aromatic rings. The predicted octanol–water partition coefficient (Wildman–Crippen LogP) is 2.78. The Kier molecular flexibility index (Phi) is 4.60. The Morgan fingerprint density at radius 2 is 1.87 bits per heavy atom. The number of carbonyl (C=O) groups excluding carboxylic acids is 1. The first-order chi connectivity index (χ1) is 11.1. The topological polar surface area (TPSA) is 53.2 Å². The number of aromatic nitrogens is 1. The van der Waals surface area contributed by atoms with Gasteiger partial charge in [-0.2, -0.15) is 0 Å². The Hall–Kier alpha value is -2.36. The number of amides is 1. The third-order valence-electron chi connectivity index (χ3n) is 4.49. The molecule has 1 saturated heterocycles. The van der Waals surface area contributed by atoms with Crippen LogP contribution in [0.5, 0.6) is 0 Å². The van der Waals surface area contributed by atoms with E-state index in [0.717, 1.165) is 38.0 Å². The smallest absolute Gasteiger partial charge is 0.254 e. The molecule has 1 fully saturated rings. The molecule has 23 heavy (non-hydrogen) atoms. The zero-order valence-corrected chi connectivity index (χ0v) is 13.4. The molecule has 0 unspecified atom stereocenters. The minimum absolute atomic E-state index is 0.0302. The maximum atomic E-state index is 12.5. The minimum Gasteiger partial charge on any atom is -0.339 e. The summed E-state index contributed by atoms with van der Waals surface area (Å²) in [4.78, 5) is 28.6. The highest BCUT2D eigenvalue weighted by Crippen LogP contribution is 2.22. The van der Waals surface area contributed by atoms with E-state index in [-0.39, 0.29) is 11.5 Å². The molecule has 0 radical (unpaired) electrons. The van der Waals surface area contributed by atoms with Crippen molar-refractivity contribution in [1.29, 1.82) is 0 Å². The van der Waals surface area contributed by atoms with Gasteiger partial charge in [0.05, 0.1) is 0 Å². The molecule has 0 saturated carbocycles. The zero-order valence-electron chi connectivity index (χ0n) is 13.4. The van der Waals surface area contributed by atoms with Gasteiger partial charge in [-0.1, -0.05) is 30.3 Å². The van der Waals surface area contributed by atoms with E-state index in [0.29, 0.717) is 11.5 Å². The number of carbonyl (C=O) groups is 1. The number of H-pyrrole nitrogens is 1. The van der Waals surface area contributed by atoms with Crippen LogP contribution in [0.25, 0.3) is 0 Å². The number of piperidine rings is 1. The first kappa shape index (κ1) is 15.5. The van der Waals surface area contributed by atoms with Crippen molar-refractivity contribution in [2.75, 3.05) is 13.1 Å². The van der Waals surface area contributed by atoms with Crippen molar-refractivity contribution in [3.8, 4) is 0 Å². The molecule has 3 rings (SSSR count). The van der Waals surface area contributed by atoms with Gasteiger partial charge in [0.2, 0.25) is 5.56 Å². The Morgan fingerprint density at radius 3 is 2.52 bits per heavy atom. The second-order valence-corrected chi connectivity index (χ2v) is 6.34. The van der Waals surface area contributed by atoms with Crippen LogP contribution < -0.4 is 5.56 Å². The normalized spacial score (nSPS) is 15.6. The van der Waals surface area contributed by atoms with Gasteiger partial charge in [-0.15, -0.1) is 0 Å². The third-order valence-corrected chi connectivity index (χ3v) is 4.49. The highest BCUT2D eigenvalue weighted by Gasteiger charge is 2.24. The molecule has 1 aromatic carbocycles. The first-order valence-corrected chi connectivity index (χ1v) is 8.16. The van der Waals surface area contributed by atoms with Crippen molar-refractivity contribution < 1.29 is 4.79 Å². The molecule has 2 heterocycles. The zero-order chi connectivity index (χ0) is 16.2. The Labute approximate surface area is 136 Å². The van der Waals surface area contributed by atoms with Crippen LogP contribution in [0.1, 0.15) is 34.5 Å². The molecular formula is C19H22N2O2. The summed E-state index contributed by atoms with van der Waals surface area (Å²) in [6.07, 6.45) is 3.11. The van der Waals surface area contributed by atoms with Crippen LogP contribution in [0.2, 0.25) is 0 Å². The number of hydrogen-bond acceptors (Lipinski definition) is 2. The summed E-state index contributed by atoms with van der Waals surface area (Å²) in [5.41, 5.74) is 2.36. The fourth-order valence-corrected chi connectivity index (χ4v) is 3.28. The van der Waals surface area contributed by atoms with E-state index in [1.165, 1.54) is 11.6 Å². The lowest BCUT2D eigenvalue weighted by Crippen LogP contribution is -2.39. The average molecular weight is 310 g/mol. The van der Waals surface area contributed by atoms with Gasteiger partial charge < -0.3 is 9.88 Å². The molecule has 4 nitrogen and oxygen atoms in total. The van der Waals surface area contributed by atoms with Crippen LogP contribution in [0.4, 0.5) is 0 Å². The van der Waals surface area contributed by atoms with Gasteiger partial charge in [0.1, 0.15) is 0 Å². The number of pyridine rings is 1. The van der Waals surface area contributed by atoms with Crippen molar-refractivity contribution in [3.63, 3.8) is 0 Å². The fourth-order valence-electron chi connectivity index (χ4n) is 3.28. The number of aromatic amines is 1. The maximum Gasteiger partial charge on any atom is 0.254 e. The quantitative estimate of drug-likeness (QED) is 0.948. The number of hydrogen-bond donors (Lipinski definition) is 1. The largest absolute Gasteiger partial charge is 0.339 e.